The lowest BCUT2D eigenvalue weighted by atomic mass is 10.0. The first-order valence-electron chi connectivity index (χ1n) is 5.16. The van der Waals surface area contributed by atoms with E-state index in [-0.39, 0.29) is 5.78 Å². The molecule has 4 heteroatoms. The summed E-state index contributed by atoms with van der Waals surface area (Å²) in [6.07, 6.45) is 0. The van der Waals surface area contributed by atoms with Crippen LogP contribution in [0.4, 0.5) is 5.69 Å². The third kappa shape index (κ3) is 2.28. The Kier molecular flexibility index (Phi) is 3.35. The number of carbonyl (C=O) groups is 1. The average molecular weight is 310 g/mol. The summed E-state index contributed by atoms with van der Waals surface area (Å²) in [6, 6.07) is 7.42. The molecule has 2 aromatic rings. The van der Waals surface area contributed by atoms with Crippen molar-refractivity contribution in [2.45, 2.75) is 13.8 Å². The van der Waals surface area contributed by atoms with Gasteiger partial charge >= 0.3 is 0 Å². The molecule has 0 saturated carbocycles. The SMILES string of the molecule is Cc1cc(C(=O)c2cccc(C)c2N)sc1Br. The maximum absolute atomic E-state index is 12.3. The number of hydrogen-bond donors (Lipinski definition) is 1. The summed E-state index contributed by atoms with van der Waals surface area (Å²) in [6.45, 7) is 3.87. The maximum Gasteiger partial charge on any atom is 0.205 e. The van der Waals surface area contributed by atoms with E-state index in [2.05, 4.69) is 15.9 Å². The van der Waals surface area contributed by atoms with Gasteiger partial charge in [-0.15, -0.1) is 11.3 Å². The number of halogens is 1. The van der Waals surface area contributed by atoms with E-state index in [0.717, 1.165) is 14.9 Å². The van der Waals surface area contributed by atoms with Crippen LogP contribution in [0.5, 0.6) is 0 Å². The van der Waals surface area contributed by atoms with Crippen molar-refractivity contribution in [2.24, 2.45) is 0 Å². The molecule has 0 saturated heterocycles. The molecule has 2 N–H and O–H groups in total. The number of hydrogen-bond acceptors (Lipinski definition) is 3. The summed E-state index contributed by atoms with van der Waals surface area (Å²) in [4.78, 5) is 13.0. The molecule has 1 aromatic carbocycles. The fraction of sp³-hybridized carbons (Fsp3) is 0.154. The Hall–Kier alpha value is -1.13. The minimum absolute atomic E-state index is 0.00926. The number of aryl methyl sites for hydroxylation is 2. The van der Waals surface area contributed by atoms with Gasteiger partial charge < -0.3 is 5.73 Å². The molecule has 0 bridgehead atoms. The van der Waals surface area contributed by atoms with Gasteiger partial charge in [-0.1, -0.05) is 12.1 Å². The smallest absolute Gasteiger partial charge is 0.205 e. The number of ketones is 1. The van der Waals surface area contributed by atoms with E-state index in [4.69, 9.17) is 5.73 Å². The summed E-state index contributed by atoms with van der Waals surface area (Å²) in [5.74, 6) is -0.00926. The summed E-state index contributed by atoms with van der Waals surface area (Å²) < 4.78 is 0.993. The monoisotopic (exact) mass is 309 g/mol. The predicted octanol–water partition coefficient (Wildman–Crippen LogP) is 3.94. The van der Waals surface area contributed by atoms with Crippen LogP contribution in [0.15, 0.2) is 28.1 Å². The first-order valence-corrected chi connectivity index (χ1v) is 6.77. The Balaban J connectivity index is 2.47. The summed E-state index contributed by atoms with van der Waals surface area (Å²) in [5.41, 5.74) is 9.10. The Morgan fingerprint density at radius 3 is 2.59 bits per heavy atom. The van der Waals surface area contributed by atoms with Gasteiger partial charge in [-0.2, -0.15) is 0 Å². The third-order valence-electron chi connectivity index (χ3n) is 2.65. The molecular formula is C13H12BrNOS. The van der Waals surface area contributed by atoms with Gasteiger partial charge in [0.25, 0.3) is 0 Å². The lowest BCUT2D eigenvalue weighted by Gasteiger charge is -2.05. The van der Waals surface area contributed by atoms with E-state index in [1.807, 2.05) is 32.0 Å². The van der Waals surface area contributed by atoms with Crippen LogP contribution in [-0.4, -0.2) is 5.78 Å². The minimum Gasteiger partial charge on any atom is -0.398 e. The van der Waals surface area contributed by atoms with Gasteiger partial charge in [0, 0.05) is 11.3 Å². The molecule has 0 radical (unpaired) electrons. The fourth-order valence-corrected chi connectivity index (χ4v) is 3.07. The molecule has 88 valence electrons. The van der Waals surface area contributed by atoms with E-state index in [1.54, 1.807) is 6.07 Å². The molecule has 0 aliphatic rings. The van der Waals surface area contributed by atoms with E-state index >= 15 is 0 Å². The Morgan fingerprint density at radius 2 is 2.00 bits per heavy atom. The molecular weight excluding hydrogens is 298 g/mol. The number of anilines is 1. The number of benzene rings is 1. The van der Waals surface area contributed by atoms with E-state index in [1.165, 1.54) is 11.3 Å². The molecule has 2 rings (SSSR count). The lowest BCUT2D eigenvalue weighted by Crippen LogP contribution is -2.04. The van der Waals surface area contributed by atoms with E-state index in [9.17, 15) is 4.79 Å². The molecule has 2 nitrogen and oxygen atoms in total. The summed E-state index contributed by atoms with van der Waals surface area (Å²) in [5, 5.41) is 0. The highest BCUT2D eigenvalue weighted by Gasteiger charge is 2.16. The zero-order valence-corrected chi connectivity index (χ0v) is 12.0. The van der Waals surface area contributed by atoms with E-state index < -0.39 is 0 Å². The molecule has 1 aromatic heterocycles. The highest BCUT2D eigenvalue weighted by atomic mass is 79.9. The van der Waals surface area contributed by atoms with Gasteiger partial charge in [-0.3, -0.25) is 4.79 Å². The van der Waals surface area contributed by atoms with Crippen LogP contribution in [0.25, 0.3) is 0 Å². The number of thiophene rings is 1. The van der Waals surface area contributed by atoms with Crippen molar-refractivity contribution >= 4 is 38.7 Å². The average Bonchev–Trinajstić information content (AvgIpc) is 2.62. The van der Waals surface area contributed by atoms with Gasteiger partial charge in [0.1, 0.15) is 0 Å². The number of nitrogen functional groups attached to an aromatic ring is 1. The van der Waals surface area contributed by atoms with Gasteiger partial charge in [0.2, 0.25) is 5.78 Å². The Morgan fingerprint density at radius 1 is 1.29 bits per heavy atom. The second-order valence-corrected chi connectivity index (χ2v) is 6.30. The number of rotatable bonds is 2. The van der Waals surface area contributed by atoms with Gasteiger partial charge in [0.15, 0.2) is 0 Å². The van der Waals surface area contributed by atoms with Crippen LogP contribution in [-0.2, 0) is 0 Å². The van der Waals surface area contributed by atoms with Crippen molar-refractivity contribution in [2.75, 3.05) is 5.73 Å². The van der Waals surface area contributed by atoms with Gasteiger partial charge in [0.05, 0.1) is 8.66 Å². The Bertz CT molecular complexity index is 570. The van der Waals surface area contributed by atoms with Crippen LogP contribution >= 0.6 is 27.3 Å². The second kappa shape index (κ2) is 4.63. The zero-order chi connectivity index (χ0) is 12.6. The van der Waals surface area contributed by atoms with E-state index in [0.29, 0.717) is 16.1 Å². The van der Waals surface area contributed by atoms with Crippen molar-refractivity contribution in [3.63, 3.8) is 0 Å². The van der Waals surface area contributed by atoms with Crippen molar-refractivity contribution < 1.29 is 4.79 Å². The molecule has 0 aliphatic carbocycles. The first kappa shape index (κ1) is 12.3. The molecule has 17 heavy (non-hydrogen) atoms. The van der Waals surface area contributed by atoms with Crippen molar-refractivity contribution in [3.8, 4) is 0 Å². The lowest BCUT2D eigenvalue weighted by molar-refractivity contribution is 0.104. The topological polar surface area (TPSA) is 43.1 Å². The summed E-state index contributed by atoms with van der Waals surface area (Å²) >= 11 is 4.87. The minimum atomic E-state index is -0.00926. The molecule has 0 spiro atoms. The second-order valence-electron chi connectivity index (χ2n) is 3.93. The molecule has 0 amide bonds. The Labute approximate surface area is 113 Å². The van der Waals surface area contributed by atoms with Crippen LogP contribution in [0.2, 0.25) is 0 Å². The number of para-hydroxylation sites is 1. The zero-order valence-electron chi connectivity index (χ0n) is 9.58. The predicted molar refractivity (Wildman–Crippen MR) is 75.8 cm³/mol. The largest absolute Gasteiger partial charge is 0.398 e. The fourth-order valence-electron chi connectivity index (χ4n) is 1.58. The number of nitrogens with two attached hydrogens (primary N) is 1. The van der Waals surface area contributed by atoms with Crippen LogP contribution in [0, 0.1) is 13.8 Å². The standard InChI is InChI=1S/C13H12BrNOS/c1-7-4-3-5-9(11(7)15)12(16)10-6-8(2)13(14)17-10/h3-6H,15H2,1-2H3. The maximum atomic E-state index is 12.3. The van der Waals surface area contributed by atoms with Crippen LogP contribution in [0.3, 0.4) is 0 Å². The first-order chi connectivity index (χ1) is 8.00. The molecule has 0 fully saturated rings. The molecule has 0 atom stereocenters. The van der Waals surface area contributed by atoms with Gasteiger partial charge in [-0.05, 0) is 53.0 Å². The third-order valence-corrected chi connectivity index (χ3v) is 4.79. The van der Waals surface area contributed by atoms with Gasteiger partial charge in [-0.25, -0.2) is 0 Å². The van der Waals surface area contributed by atoms with Crippen molar-refractivity contribution in [3.05, 3.63) is 49.6 Å². The molecule has 1 heterocycles. The van der Waals surface area contributed by atoms with Crippen LogP contribution < -0.4 is 5.73 Å². The van der Waals surface area contributed by atoms with Crippen molar-refractivity contribution in [1.82, 2.24) is 0 Å². The summed E-state index contributed by atoms with van der Waals surface area (Å²) in [7, 11) is 0. The molecule has 0 unspecified atom stereocenters. The highest BCUT2D eigenvalue weighted by Crippen LogP contribution is 2.30. The van der Waals surface area contributed by atoms with Crippen molar-refractivity contribution in [1.29, 1.82) is 0 Å². The highest BCUT2D eigenvalue weighted by molar-refractivity contribution is 9.11. The quantitative estimate of drug-likeness (QED) is 0.674. The normalized spacial score (nSPS) is 10.5. The van der Waals surface area contributed by atoms with Crippen LogP contribution in [0.1, 0.15) is 26.4 Å². The molecule has 0 aliphatic heterocycles. The number of carbonyl (C=O) groups excluding carboxylic acids is 1.